The maximum absolute atomic E-state index is 11.5. The van der Waals surface area contributed by atoms with Crippen LogP contribution in [0.4, 0.5) is 5.69 Å². The molecule has 0 aliphatic carbocycles. The van der Waals surface area contributed by atoms with Crippen LogP contribution in [0.25, 0.3) is 0 Å². The number of carbonyl (C=O) groups excluding carboxylic acids is 1. The number of benzene rings is 1. The first-order valence-electron chi connectivity index (χ1n) is 7.08. The van der Waals surface area contributed by atoms with E-state index >= 15 is 0 Å². The van der Waals surface area contributed by atoms with Crippen LogP contribution < -0.4 is 10.6 Å². The van der Waals surface area contributed by atoms with Crippen molar-refractivity contribution in [2.45, 2.75) is 25.8 Å². The van der Waals surface area contributed by atoms with Gasteiger partial charge >= 0.3 is 0 Å². The third kappa shape index (κ3) is 3.20. The minimum absolute atomic E-state index is 0.0825. The minimum atomic E-state index is 0.0825. The zero-order valence-electron chi connectivity index (χ0n) is 11.8. The zero-order chi connectivity index (χ0) is 14.8. The molecule has 1 amide bonds. The maximum atomic E-state index is 11.5. The topological polar surface area (TPSA) is 41.1 Å². The van der Waals surface area contributed by atoms with Crippen LogP contribution in [0, 0.1) is 0 Å². The molecule has 1 unspecified atom stereocenters. The number of fused-ring (bicyclic) bond motifs is 1. The summed E-state index contributed by atoms with van der Waals surface area (Å²) in [5, 5.41) is 6.49. The molecule has 0 bridgehead atoms. The van der Waals surface area contributed by atoms with Gasteiger partial charge in [0.05, 0.1) is 16.2 Å². The molecule has 2 N–H and O–H groups in total. The first-order chi connectivity index (χ1) is 10.2. The molecular weight excluding hydrogens is 348 g/mol. The van der Waals surface area contributed by atoms with Crippen LogP contribution in [-0.4, -0.2) is 12.5 Å². The number of hydrogen-bond acceptors (Lipinski definition) is 3. The van der Waals surface area contributed by atoms with E-state index in [0.717, 1.165) is 28.0 Å². The normalized spacial score (nSPS) is 14.9. The molecule has 1 aromatic carbocycles. The lowest BCUT2D eigenvalue weighted by Crippen LogP contribution is -2.22. The molecule has 0 saturated carbocycles. The van der Waals surface area contributed by atoms with E-state index in [2.05, 4.69) is 57.8 Å². The largest absolute Gasteiger partial charge is 0.326 e. The van der Waals surface area contributed by atoms with Crippen molar-refractivity contribution in [2.75, 3.05) is 11.9 Å². The quantitative estimate of drug-likeness (QED) is 0.838. The van der Waals surface area contributed by atoms with E-state index in [0.29, 0.717) is 6.42 Å². The highest BCUT2D eigenvalue weighted by atomic mass is 79.9. The second-order valence-electron chi connectivity index (χ2n) is 5.17. The van der Waals surface area contributed by atoms with Gasteiger partial charge in [-0.1, -0.05) is 19.1 Å². The lowest BCUT2D eigenvalue weighted by atomic mass is 10.0. The Labute approximate surface area is 136 Å². The Morgan fingerprint density at radius 1 is 1.38 bits per heavy atom. The van der Waals surface area contributed by atoms with Crippen LogP contribution in [0.3, 0.4) is 0 Å². The van der Waals surface area contributed by atoms with E-state index in [1.807, 2.05) is 6.07 Å². The summed E-state index contributed by atoms with van der Waals surface area (Å²) < 4.78 is 1.14. The van der Waals surface area contributed by atoms with E-state index < -0.39 is 0 Å². The Morgan fingerprint density at radius 3 is 2.95 bits per heavy atom. The Balaban J connectivity index is 1.93. The molecule has 1 aliphatic rings. The first kappa shape index (κ1) is 14.8. The highest BCUT2D eigenvalue weighted by Crippen LogP contribution is 2.34. The van der Waals surface area contributed by atoms with E-state index in [1.54, 1.807) is 11.3 Å². The molecule has 0 fully saturated rings. The number of hydrogen-bond donors (Lipinski definition) is 2. The molecule has 2 heterocycles. The van der Waals surface area contributed by atoms with Crippen molar-refractivity contribution in [1.29, 1.82) is 0 Å². The van der Waals surface area contributed by atoms with E-state index in [4.69, 9.17) is 0 Å². The Kier molecular flexibility index (Phi) is 4.42. The third-order valence-corrected chi connectivity index (χ3v) is 5.25. The summed E-state index contributed by atoms with van der Waals surface area (Å²) in [6.45, 7) is 3.13. The standard InChI is InChI=1S/C16H17BrN2OS/c1-2-7-18-16(13-5-6-14(17)21-13)10-3-4-12-11(8-10)9-15(20)19-12/h3-6,8,16,18H,2,7,9H2,1H3,(H,19,20). The number of anilines is 1. The summed E-state index contributed by atoms with van der Waals surface area (Å²) in [6.07, 6.45) is 1.58. The van der Waals surface area contributed by atoms with Gasteiger partial charge in [-0.15, -0.1) is 11.3 Å². The smallest absolute Gasteiger partial charge is 0.228 e. The monoisotopic (exact) mass is 364 g/mol. The van der Waals surface area contributed by atoms with E-state index in [1.165, 1.54) is 10.4 Å². The lowest BCUT2D eigenvalue weighted by molar-refractivity contribution is -0.115. The maximum Gasteiger partial charge on any atom is 0.228 e. The van der Waals surface area contributed by atoms with Gasteiger partial charge in [0, 0.05) is 10.6 Å². The van der Waals surface area contributed by atoms with Crippen molar-refractivity contribution in [3.8, 4) is 0 Å². The van der Waals surface area contributed by atoms with Gasteiger partial charge in [0.1, 0.15) is 0 Å². The average molecular weight is 365 g/mol. The van der Waals surface area contributed by atoms with E-state index in [-0.39, 0.29) is 11.9 Å². The zero-order valence-corrected chi connectivity index (χ0v) is 14.2. The van der Waals surface area contributed by atoms with Gasteiger partial charge in [-0.2, -0.15) is 0 Å². The molecule has 21 heavy (non-hydrogen) atoms. The van der Waals surface area contributed by atoms with Crippen molar-refractivity contribution in [1.82, 2.24) is 5.32 Å². The van der Waals surface area contributed by atoms with Crippen LogP contribution in [0.5, 0.6) is 0 Å². The summed E-state index contributed by atoms with van der Waals surface area (Å²) >= 11 is 5.28. The molecule has 0 saturated heterocycles. The van der Waals surface area contributed by atoms with Crippen LogP contribution in [0.2, 0.25) is 0 Å². The summed E-state index contributed by atoms with van der Waals surface area (Å²) in [5.74, 6) is 0.0825. The molecule has 5 heteroatoms. The van der Waals surface area contributed by atoms with Crippen molar-refractivity contribution < 1.29 is 4.79 Å². The summed E-state index contributed by atoms with van der Waals surface area (Å²) in [7, 11) is 0. The van der Waals surface area contributed by atoms with Gasteiger partial charge in [-0.05, 0) is 58.2 Å². The number of thiophene rings is 1. The van der Waals surface area contributed by atoms with Crippen LogP contribution in [-0.2, 0) is 11.2 Å². The molecule has 1 aliphatic heterocycles. The fourth-order valence-electron chi connectivity index (χ4n) is 2.58. The first-order valence-corrected chi connectivity index (χ1v) is 8.69. The number of halogens is 1. The Bertz CT molecular complexity index is 668. The molecule has 0 spiro atoms. The van der Waals surface area contributed by atoms with Gasteiger partial charge < -0.3 is 10.6 Å². The molecule has 3 rings (SSSR count). The van der Waals surface area contributed by atoms with Crippen molar-refractivity contribution in [2.24, 2.45) is 0 Å². The highest BCUT2D eigenvalue weighted by Gasteiger charge is 2.21. The second kappa shape index (κ2) is 6.30. The fourth-order valence-corrected chi connectivity index (χ4v) is 4.11. The molecule has 1 atom stereocenters. The van der Waals surface area contributed by atoms with Crippen molar-refractivity contribution in [3.63, 3.8) is 0 Å². The summed E-state index contributed by atoms with van der Waals surface area (Å²) in [6, 6.07) is 10.7. The van der Waals surface area contributed by atoms with Crippen LogP contribution in [0.1, 0.15) is 35.4 Å². The number of amides is 1. The molecule has 0 radical (unpaired) electrons. The average Bonchev–Trinajstić information content (AvgIpc) is 3.04. The summed E-state index contributed by atoms with van der Waals surface area (Å²) in [5.41, 5.74) is 3.26. The van der Waals surface area contributed by atoms with E-state index in [9.17, 15) is 4.79 Å². The summed E-state index contributed by atoms with van der Waals surface area (Å²) in [4.78, 5) is 12.8. The van der Waals surface area contributed by atoms with Gasteiger partial charge in [0.2, 0.25) is 5.91 Å². The Hall–Kier alpha value is -1.17. The van der Waals surface area contributed by atoms with Crippen molar-refractivity contribution in [3.05, 3.63) is 50.1 Å². The van der Waals surface area contributed by atoms with Crippen LogP contribution >= 0.6 is 27.3 Å². The SMILES string of the molecule is CCCNC(c1ccc2c(c1)CC(=O)N2)c1ccc(Br)s1. The van der Waals surface area contributed by atoms with Gasteiger partial charge in [-0.25, -0.2) is 0 Å². The second-order valence-corrected chi connectivity index (χ2v) is 7.67. The minimum Gasteiger partial charge on any atom is -0.326 e. The molecule has 2 aromatic rings. The van der Waals surface area contributed by atoms with Crippen molar-refractivity contribution >= 4 is 38.9 Å². The number of carbonyl (C=O) groups is 1. The third-order valence-electron chi connectivity index (χ3n) is 3.56. The molecule has 110 valence electrons. The number of nitrogens with one attached hydrogen (secondary N) is 2. The van der Waals surface area contributed by atoms with Gasteiger partial charge in [-0.3, -0.25) is 4.79 Å². The fraction of sp³-hybridized carbons (Fsp3) is 0.312. The van der Waals surface area contributed by atoms with Gasteiger partial charge in [0.15, 0.2) is 0 Å². The predicted molar refractivity (Wildman–Crippen MR) is 90.9 cm³/mol. The predicted octanol–water partition coefficient (Wildman–Crippen LogP) is 4.09. The molecular formula is C16H17BrN2OS. The Morgan fingerprint density at radius 2 is 2.24 bits per heavy atom. The van der Waals surface area contributed by atoms with Gasteiger partial charge in [0.25, 0.3) is 0 Å². The number of rotatable bonds is 5. The molecule has 1 aromatic heterocycles. The lowest BCUT2D eigenvalue weighted by Gasteiger charge is -2.18. The molecule has 3 nitrogen and oxygen atoms in total. The highest BCUT2D eigenvalue weighted by molar-refractivity contribution is 9.11. The van der Waals surface area contributed by atoms with Crippen LogP contribution in [0.15, 0.2) is 34.1 Å².